The smallest absolute Gasteiger partial charge is 0.261 e. The lowest BCUT2D eigenvalue weighted by Crippen LogP contribution is -2.49. The van der Waals surface area contributed by atoms with Crippen LogP contribution < -0.4 is 10.1 Å². The van der Waals surface area contributed by atoms with Gasteiger partial charge >= 0.3 is 0 Å². The fourth-order valence-corrected chi connectivity index (χ4v) is 2.99. The summed E-state index contributed by atoms with van der Waals surface area (Å²) < 4.78 is 5.78. The number of halogens is 1. The maximum atomic E-state index is 13.0. The van der Waals surface area contributed by atoms with Crippen LogP contribution in [0.4, 0.5) is 0 Å². The molecule has 2 aromatic rings. The molecule has 1 atom stereocenters. The van der Waals surface area contributed by atoms with E-state index in [0.29, 0.717) is 23.9 Å². The maximum Gasteiger partial charge on any atom is 0.261 e. The van der Waals surface area contributed by atoms with Crippen LogP contribution in [0.2, 0.25) is 5.02 Å². The molecule has 0 fully saturated rings. The molecule has 0 aliphatic carbocycles. The van der Waals surface area contributed by atoms with E-state index >= 15 is 0 Å². The molecule has 156 valence electrons. The molecule has 2 aromatic carbocycles. The predicted molar refractivity (Wildman–Crippen MR) is 116 cm³/mol. The number of carbonyl (C=O) groups is 2. The molecular formula is C23H29ClN2O3. The van der Waals surface area contributed by atoms with E-state index in [0.717, 1.165) is 23.1 Å². The molecule has 0 radical (unpaired) electrons. The highest BCUT2D eigenvalue weighted by Gasteiger charge is 2.26. The van der Waals surface area contributed by atoms with E-state index in [1.807, 2.05) is 51.1 Å². The third-order valence-corrected chi connectivity index (χ3v) is 5.14. The number of rotatable bonds is 9. The number of hydrogen-bond donors (Lipinski definition) is 1. The summed E-state index contributed by atoms with van der Waals surface area (Å²) >= 11 is 5.96. The Morgan fingerprint density at radius 1 is 1.14 bits per heavy atom. The standard InChI is InChI=1S/C23H29ClN2O3/c1-5-13-25-23(28)18(4)26(14-19-9-11-20(24)12-10-19)22(27)15-29-21-8-6-7-16(2)17(21)3/h6-12,18H,5,13-15H2,1-4H3,(H,25,28)/t18-/m1/s1. The number of ether oxygens (including phenoxy) is 1. The Hall–Kier alpha value is -2.53. The Kier molecular flexibility index (Phi) is 8.52. The minimum Gasteiger partial charge on any atom is -0.483 e. The molecule has 0 aliphatic heterocycles. The van der Waals surface area contributed by atoms with Gasteiger partial charge in [0.1, 0.15) is 11.8 Å². The second-order valence-corrected chi connectivity index (χ2v) is 7.54. The van der Waals surface area contributed by atoms with Gasteiger partial charge in [-0.25, -0.2) is 0 Å². The first-order valence-corrected chi connectivity index (χ1v) is 10.2. The SMILES string of the molecule is CCCNC(=O)[C@@H](C)N(Cc1ccc(Cl)cc1)C(=O)COc1cccc(C)c1C. The molecule has 0 heterocycles. The Balaban J connectivity index is 2.15. The molecular weight excluding hydrogens is 388 g/mol. The van der Waals surface area contributed by atoms with Crippen molar-refractivity contribution in [2.24, 2.45) is 0 Å². The summed E-state index contributed by atoms with van der Waals surface area (Å²) in [6.45, 7) is 8.41. The van der Waals surface area contributed by atoms with Crippen molar-refractivity contribution in [1.82, 2.24) is 10.2 Å². The molecule has 5 nitrogen and oxygen atoms in total. The number of benzene rings is 2. The van der Waals surface area contributed by atoms with Crippen LogP contribution in [-0.2, 0) is 16.1 Å². The van der Waals surface area contributed by atoms with Gasteiger partial charge in [-0.05, 0) is 62.1 Å². The summed E-state index contributed by atoms with van der Waals surface area (Å²) in [6.07, 6.45) is 0.833. The van der Waals surface area contributed by atoms with E-state index < -0.39 is 6.04 Å². The fourth-order valence-electron chi connectivity index (χ4n) is 2.87. The van der Waals surface area contributed by atoms with Gasteiger partial charge in [-0.15, -0.1) is 0 Å². The summed E-state index contributed by atoms with van der Waals surface area (Å²) in [4.78, 5) is 27.0. The Morgan fingerprint density at radius 2 is 1.83 bits per heavy atom. The molecule has 0 aromatic heterocycles. The summed E-state index contributed by atoms with van der Waals surface area (Å²) in [5.74, 6) is 0.244. The fraction of sp³-hybridized carbons (Fsp3) is 0.391. The summed E-state index contributed by atoms with van der Waals surface area (Å²) in [7, 11) is 0. The molecule has 2 amide bonds. The topological polar surface area (TPSA) is 58.6 Å². The quantitative estimate of drug-likeness (QED) is 0.663. The lowest BCUT2D eigenvalue weighted by atomic mass is 10.1. The van der Waals surface area contributed by atoms with Crippen LogP contribution in [-0.4, -0.2) is 35.9 Å². The van der Waals surface area contributed by atoms with Crippen molar-refractivity contribution in [2.45, 2.75) is 46.7 Å². The predicted octanol–water partition coefficient (Wildman–Crippen LogP) is 4.28. The van der Waals surface area contributed by atoms with Gasteiger partial charge in [-0.3, -0.25) is 9.59 Å². The van der Waals surface area contributed by atoms with Crippen molar-refractivity contribution in [3.8, 4) is 5.75 Å². The highest BCUT2D eigenvalue weighted by Crippen LogP contribution is 2.21. The van der Waals surface area contributed by atoms with Crippen LogP contribution in [0.1, 0.15) is 37.0 Å². The Labute approximate surface area is 178 Å². The number of amides is 2. The van der Waals surface area contributed by atoms with Crippen molar-refractivity contribution >= 4 is 23.4 Å². The summed E-state index contributed by atoms with van der Waals surface area (Å²) in [5.41, 5.74) is 2.99. The van der Waals surface area contributed by atoms with Crippen LogP contribution in [0.5, 0.6) is 5.75 Å². The molecule has 0 spiro atoms. The monoisotopic (exact) mass is 416 g/mol. The van der Waals surface area contributed by atoms with E-state index in [2.05, 4.69) is 5.32 Å². The van der Waals surface area contributed by atoms with Gasteiger partial charge in [-0.2, -0.15) is 0 Å². The van der Waals surface area contributed by atoms with Gasteiger partial charge in [0, 0.05) is 18.1 Å². The number of aryl methyl sites for hydroxylation is 1. The summed E-state index contributed by atoms with van der Waals surface area (Å²) in [5, 5.41) is 3.48. The van der Waals surface area contributed by atoms with Crippen LogP contribution in [0.25, 0.3) is 0 Å². The van der Waals surface area contributed by atoms with Crippen molar-refractivity contribution in [1.29, 1.82) is 0 Å². The van der Waals surface area contributed by atoms with Crippen molar-refractivity contribution < 1.29 is 14.3 Å². The molecule has 6 heteroatoms. The second kappa shape index (κ2) is 10.9. The van der Waals surface area contributed by atoms with Gasteiger partial charge in [0.2, 0.25) is 5.91 Å². The molecule has 1 N–H and O–H groups in total. The number of nitrogens with zero attached hydrogens (tertiary/aromatic N) is 1. The van der Waals surface area contributed by atoms with Crippen LogP contribution >= 0.6 is 11.6 Å². The van der Waals surface area contributed by atoms with E-state index in [9.17, 15) is 9.59 Å². The highest BCUT2D eigenvalue weighted by molar-refractivity contribution is 6.30. The third kappa shape index (κ3) is 6.50. The lowest BCUT2D eigenvalue weighted by molar-refractivity contribution is -0.142. The number of hydrogen-bond acceptors (Lipinski definition) is 3. The zero-order valence-electron chi connectivity index (χ0n) is 17.5. The average Bonchev–Trinajstić information content (AvgIpc) is 2.71. The minimum atomic E-state index is -0.619. The zero-order chi connectivity index (χ0) is 21.4. The molecule has 0 aliphatic rings. The van der Waals surface area contributed by atoms with E-state index in [-0.39, 0.29) is 18.4 Å². The van der Waals surface area contributed by atoms with E-state index in [1.165, 1.54) is 0 Å². The zero-order valence-corrected chi connectivity index (χ0v) is 18.3. The first-order chi connectivity index (χ1) is 13.8. The Morgan fingerprint density at radius 3 is 2.48 bits per heavy atom. The van der Waals surface area contributed by atoms with Gasteiger partial charge in [0.15, 0.2) is 6.61 Å². The van der Waals surface area contributed by atoms with Gasteiger partial charge in [0.25, 0.3) is 5.91 Å². The lowest BCUT2D eigenvalue weighted by Gasteiger charge is -2.29. The van der Waals surface area contributed by atoms with Crippen molar-refractivity contribution in [3.05, 3.63) is 64.2 Å². The van der Waals surface area contributed by atoms with Gasteiger partial charge in [0.05, 0.1) is 0 Å². The second-order valence-electron chi connectivity index (χ2n) is 7.10. The minimum absolute atomic E-state index is 0.136. The highest BCUT2D eigenvalue weighted by atomic mass is 35.5. The molecule has 29 heavy (non-hydrogen) atoms. The first kappa shape index (κ1) is 22.8. The molecule has 0 saturated heterocycles. The average molecular weight is 417 g/mol. The van der Waals surface area contributed by atoms with Crippen LogP contribution in [0.15, 0.2) is 42.5 Å². The van der Waals surface area contributed by atoms with Crippen LogP contribution in [0, 0.1) is 13.8 Å². The molecule has 0 unspecified atom stereocenters. The molecule has 0 saturated carbocycles. The Bertz CT molecular complexity index is 837. The van der Waals surface area contributed by atoms with Gasteiger partial charge < -0.3 is 15.0 Å². The third-order valence-electron chi connectivity index (χ3n) is 4.89. The molecule has 2 rings (SSSR count). The maximum absolute atomic E-state index is 13.0. The van der Waals surface area contributed by atoms with E-state index in [4.69, 9.17) is 16.3 Å². The van der Waals surface area contributed by atoms with E-state index in [1.54, 1.807) is 24.0 Å². The summed E-state index contributed by atoms with van der Waals surface area (Å²) in [6, 6.07) is 12.4. The van der Waals surface area contributed by atoms with Crippen LogP contribution in [0.3, 0.4) is 0 Å². The largest absolute Gasteiger partial charge is 0.483 e. The number of nitrogens with one attached hydrogen (secondary N) is 1. The normalized spacial score (nSPS) is 11.6. The molecule has 0 bridgehead atoms. The van der Waals surface area contributed by atoms with Crippen molar-refractivity contribution in [2.75, 3.05) is 13.2 Å². The number of carbonyl (C=O) groups excluding carboxylic acids is 2. The first-order valence-electron chi connectivity index (χ1n) is 9.84. The van der Waals surface area contributed by atoms with Crippen molar-refractivity contribution in [3.63, 3.8) is 0 Å². The van der Waals surface area contributed by atoms with Gasteiger partial charge in [-0.1, -0.05) is 42.8 Å².